The van der Waals surface area contributed by atoms with Crippen LogP contribution in [0.1, 0.15) is 11.8 Å². The van der Waals surface area contributed by atoms with Gasteiger partial charge < -0.3 is 5.73 Å². The molecule has 0 spiro atoms. The number of anilines is 1. The summed E-state index contributed by atoms with van der Waals surface area (Å²) in [5.74, 6) is 0. The number of nitrogens with zero attached hydrogens (tertiary/aromatic N) is 2. The van der Waals surface area contributed by atoms with Crippen LogP contribution in [0.3, 0.4) is 0 Å². The molecule has 0 unspecified atom stereocenters. The number of hydrogen-bond donors (Lipinski definition) is 1. The van der Waals surface area contributed by atoms with Gasteiger partial charge in [-0.1, -0.05) is 0 Å². The molecule has 2 heterocycles. The molecule has 2 N–H and O–H groups in total. The van der Waals surface area contributed by atoms with Gasteiger partial charge in [0.1, 0.15) is 5.69 Å². The quantitative estimate of drug-likeness (QED) is 0.822. The number of nitrogens with two attached hydrogens (primary N) is 1. The molecule has 0 aliphatic rings. The maximum absolute atomic E-state index is 5.88. The van der Waals surface area contributed by atoms with Crippen LogP contribution in [0.15, 0.2) is 18.3 Å². The summed E-state index contributed by atoms with van der Waals surface area (Å²) in [5, 5.41) is 4.41. The first-order valence-electron chi connectivity index (χ1n) is 4.60. The molecule has 0 aromatic carbocycles. The Morgan fingerprint density at radius 2 is 2.29 bits per heavy atom. The van der Waals surface area contributed by atoms with Gasteiger partial charge in [0.05, 0.1) is 10.6 Å². The fourth-order valence-electron chi connectivity index (χ4n) is 1.35. The van der Waals surface area contributed by atoms with Crippen LogP contribution in [0, 0.1) is 6.92 Å². The van der Waals surface area contributed by atoms with E-state index in [2.05, 4.69) is 31.1 Å². The van der Waals surface area contributed by atoms with Crippen LogP contribution in [0.5, 0.6) is 0 Å². The van der Waals surface area contributed by atoms with Gasteiger partial charge in [0.25, 0.3) is 0 Å². The Kier molecular flexibility index (Phi) is 2.29. The van der Waals surface area contributed by atoms with Crippen molar-refractivity contribution in [2.45, 2.75) is 20.4 Å². The monoisotopic (exact) mass is 207 g/mol. The van der Waals surface area contributed by atoms with Crippen molar-refractivity contribution in [3.05, 3.63) is 23.2 Å². The summed E-state index contributed by atoms with van der Waals surface area (Å²) in [6.45, 7) is 4.99. The lowest BCUT2D eigenvalue weighted by molar-refractivity contribution is 0.662. The molecule has 3 nitrogen and oxygen atoms in total. The van der Waals surface area contributed by atoms with Crippen molar-refractivity contribution in [3.8, 4) is 10.6 Å². The Balaban J connectivity index is 2.45. The Hall–Kier alpha value is -1.29. The Morgan fingerprint density at radius 1 is 1.50 bits per heavy atom. The topological polar surface area (TPSA) is 43.8 Å². The van der Waals surface area contributed by atoms with Crippen molar-refractivity contribution in [2.24, 2.45) is 0 Å². The number of aromatic nitrogens is 2. The van der Waals surface area contributed by atoms with Crippen LogP contribution in [-0.2, 0) is 6.54 Å². The molecule has 0 fully saturated rings. The van der Waals surface area contributed by atoms with E-state index >= 15 is 0 Å². The molecular weight excluding hydrogens is 194 g/mol. The molecule has 2 rings (SSSR count). The molecule has 2 aromatic heterocycles. The number of thiophene rings is 1. The second-order valence-corrected chi connectivity index (χ2v) is 4.49. The van der Waals surface area contributed by atoms with E-state index in [1.54, 1.807) is 11.3 Å². The zero-order valence-corrected chi connectivity index (χ0v) is 9.14. The summed E-state index contributed by atoms with van der Waals surface area (Å²) in [5.41, 5.74) is 7.55. The highest BCUT2D eigenvalue weighted by Gasteiger charge is 2.09. The number of nitrogen functional groups attached to an aromatic ring is 1. The van der Waals surface area contributed by atoms with E-state index in [0.717, 1.165) is 22.8 Å². The van der Waals surface area contributed by atoms with Crippen molar-refractivity contribution in [2.75, 3.05) is 5.73 Å². The SMILES string of the molecule is CCn1cc(N)c(-c2ccc(C)s2)n1. The van der Waals surface area contributed by atoms with Crippen LogP contribution in [0.25, 0.3) is 10.6 Å². The Labute approximate surface area is 87.2 Å². The third-order valence-corrected chi connectivity index (χ3v) is 3.10. The average molecular weight is 207 g/mol. The van der Waals surface area contributed by atoms with Crippen molar-refractivity contribution in [3.63, 3.8) is 0 Å². The highest BCUT2D eigenvalue weighted by Crippen LogP contribution is 2.30. The van der Waals surface area contributed by atoms with Gasteiger partial charge >= 0.3 is 0 Å². The zero-order valence-electron chi connectivity index (χ0n) is 8.32. The lowest BCUT2D eigenvalue weighted by atomic mass is 10.3. The van der Waals surface area contributed by atoms with E-state index in [4.69, 9.17) is 5.73 Å². The maximum Gasteiger partial charge on any atom is 0.125 e. The number of rotatable bonds is 2. The van der Waals surface area contributed by atoms with Crippen molar-refractivity contribution >= 4 is 17.0 Å². The molecule has 0 saturated heterocycles. The molecule has 0 amide bonds. The highest BCUT2D eigenvalue weighted by atomic mass is 32.1. The van der Waals surface area contributed by atoms with Crippen LogP contribution in [-0.4, -0.2) is 9.78 Å². The number of aryl methyl sites for hydroxylation is 2. The first kappa shape index (κ1) is 9.27. The fraction of sp³-hybridized carbons (Fsp3) is 0.300. The summed E-state index contributed by atoms with van der Waals surface area (Å²) in [6.07, 6.45) is 1.88. The second-order valence-electron chi connectivity index (χ2n) is 3.20. The smallest absolute Gasteiger partial charge is 0.125 e. The molecule has 4 heteroatoms. The van der Waals surface area contributed by atoms with Crippen molar-refractivity contribution in [1.29, 1.82) is 0 Å². The third-order valence-electron chi connectivity index (χ3n) is 2.09. The van der Waals surface area contributed by atoms with Gasteiger partial charge in [-0.05, 0) is 26.0 Å². The molecule has 0 radical (unpaired) electrons. The van der Waals surface area contributed by atoms with Gasteiger partial charge in [0, 0.05) is 17.6 Å². The van der Waals surface area contributed by atoms with Crippen molar-refractivity contribution < 1.29 is 0 Å². The van der Waals surface area contributed by atoms with Gasteiger partial charge in [-0.2, -0.15) is 5.10 Å². The van der Waals surface area contributed by atoms with Crippen LogP contribution in [0.4, 0.5) is 5.69 Å². The third kappa shape index (κ3) is 1.53. The van der Waals surface area contributed by atoms with Gasteiger partial charge in [-0.3, -0.25) is 4.68 Å². The van der Waals surface area contributed by atoms with Gasteiger partial charge in [0.2, 0.25) is 0 Å². The first-order valence-corrected chi connectivity index (χ1v) is 5.42. The van der Waals surface area contributed by atoms with Crippen LogP contribution < -0.4 is 5.73 Å². The molecule has 0 aliphatic carbocycles. The maximum atomic E-state index is 5.88. The standard InChI is InChI=1S/C10H13N3S/c1-3-13-6-8(11)10(12-13)9-5-4-7(2)14-9/h4-6H,3,11H2,1-2H3. The van der Waals surface area contributed by atoms with Gasteiger partial charge in [0.15, 0.2) is 0 Å². The first-order chi connectivity index (χ1) is 6.70. The van der Waals surface area contributed by atoms with Crippen LogP contribution >= 0.6 is 11.3 Å². The largest absolute Gasteiger partial charge is 0.396 e. The molecular formula is C10H13N3S. The fourth-order valence-corrected chi connectivity index (χ4v) is 2.23. The minimum absolute atomic E-state index is 0.758. The van der Waals surface area contributed by atoms with E-state index < -0.39 is 0 Å². The second kappa shape index (κ2) is 3.46. The van der Waals surface area contributed by atoms with E-state index in [1.165, 1.54) is 4.88 Å². The average Bonchev–Trinajstić information content (AvgIpc) is 2.71. The highest BCUT2D eigenvalue weighted by molar-refractivity contribution is 7.15. The number of hydrogen-bond acceptors (Lipinski definition) is 3. The summed E-state index contributed by atoms with van der Waals surface area (Å²) >= 11 is 1.72. The van der Waals surface area contributed by atoms with E-state index in [9.17, 15) is 0 Å². The summed E-state index contributed by atoms with van der Waals surface area (Å²) in [6, 6.07) is 4.16. The molecule has 74 valence electrons. The molecule has 2 aromatic rings. The summed E-state index contributed by atoms with van der Waals surface area (Å²) in [4.78, 5) is 2.43. The molecule has 14 heavy (non-hydrogen) atoms. The minimum atomic E-state index is 0.758. The molecule has 0 atom stereocenters. The molecule has 0 aliphatic heterocycles. The Bertz CT molecular complexity index is 442. The van der Waals surface area contributed by atoms with E-state index in [0.29, 0.717) is 0 Å². The van der Waals surface area contributed by atoms with Gasteiger partial charge in [-0.25, -0.2) is 0 Å². The minimum Gasteiger partial charge on any atom is -0.396 e. The predicted octanol–water partition coefficient (Wildman–Crippen LogP) is 2.52. The van der Waals surface area contributed by atoms with E-state index in [-0.39, 0.29) is 0 Å². The lowest BCUT2D eigenvalue weighted by Gasteiger charge is -1.92. The summed E-state index contributed by atoms with van der Waals surface area (Å²) in [7, 11) is 0. The van der Waals surface area contributed by atoms with Crippen molar-refractivity contribution in [1.82, 2.24) is 9.78 Å². The predicted molar refractivity (Wildman–Crippen MR) is 60.4 cm³/mol. The summed E-state index contributed by atoms with van der Waals surface area (Å²) < 4.78 is 1.86. The van der Waals surface area contributed by atoms with Crippen LogP contribution in [0.2, 0.25) is 0 Å². The molecule has 0 saturated carbocycles. The molecule has 0 bridgehead atoms. The Morgan fingerprint density at radius 3 is 2.79 bits per heavy atom. The van der Waals surface area contributed by atoms with Gasteiger partial charge in [-0.15, -0.1) is 11.3 Å². The normalized spacial score (nSPS) is 10.7. The van der Waals surface area contributed by atoms with E-state index in [1.807, 2.05) is 10.9 Å². The zero-order chi connectivity index (χ0) is 10.1. The lowest BCUT2D eigenvalue weighted by Crippen LogP contribution is -1.93.